The maximum absolute atomic E-state index is 10.9. The van der Waals surface area contributed by atoms with E-state index in [9.17, 15) is 9.90 Å². The van der Waals surface area contributed by atoms with Crippen molar-refractivity contribution in [2.24, 2.45) is 0 Å². The standard InChI is InChI=1S/C11H17NO4S/c13-9(14)8-7-17-10(12-8)1-3-11(4-2-10)15-5-6-16-11/h8,12H,1-7H2,(H,13,14)/t8-/m1/s1. The van der Waals surface area contributed by atoms with E-state index in [1.54, 1.807) is 11.8 Å². The van der Waals surface area contributed by atoms with Crippen LogP contribution in [0.4, 0.5) is 0 Å². The van der Waals surface area contributed by atoms with Crippen molar-refractivity contribution in [3.05, 3.63) is 0 Å². The number of hydrogen-bond acceptors (Lipinski definition) is 5. The highest BCUT2D eigenvalue weighted by molar-refractivity contribution is 8.00. The SMILES string of the molecule is O=C([O-])[C@H]1CSC2(CCC3(CC2)OCCO3)[NH2+]1. The molecule has 2 aliphatic heterocycles. The Kier molecular flexibility index (Phi) is 2.85. The lowest BCUT2D eigenvalue weighted by Crippen LogP contribution is -2.99. The zero-order valence-electron chi connectivity index (χ0n) is 9.65. The van der Waals surface area contributed by atoms with Crippen molar-refractivity contribution in [2.45, 2.75) is 42.4 Å². The van der Waals surface area contributed by atoms with Gasteiger partial charge in [0.2, 0.25) is 0 Å². The molecule has 3 fully saturated rings. The quantitative estimate of drug-likeness (QED) is 0.616. The molecule has 0 aromatic rings. The fourth-order valence-electron chi connectivity index (χ4n) is 3.01. The number of carbonyl (C=O) groups excluding carboxylic acids is 1. The molecule has 1 saturated carbocycles. The second kappa shape index (κ2) is 4.12. The molecule has 0 aromatic carbocycles. The summed E-state index contributed by atoms with van der Waals surface area (Å²) in [5, 5.41) is 12.9. The van der Waals surface area contributed by atoms with Crippen molar-refractivity contribution in [3.63, 3.8) is 0 Å². The van der Waals surface area contributed by atoms with Gasteiger partial charge in [0.25, 0.3) is 0 Å². The predicted octanol–water partition coefficient (Wildman–Crippen LogP) is -1.57. The number of carbonyl (C=O) groups is 1. The first-order valence-electron chi connectivity index (χ1n) is 6.12. The summed E-state index contributed by atoms with van der Waals surface area (Å²) in [6.45, 7) is 1.37. The van der Waals surface area contributed by atoms with E-state index >= 15 is 0 Å². The van der Waals surface area contributed by atoms with Crippen LogP contribution in [0, 0.1) is 0 Å². The summed E-state index contributed by atoms with van der Waals surface area (Å²) < 4.78 is 11.4. The third-order valence-corrected chi connectivity index (χ3v) is 5.67. The first-order chi connectivity index (χ1) is 8.13. The number of quaternary nitrogens is 1. The molecule has 0 radical (unpaired) electrons. The molecule has 2 spiro atoms. The van der Waals surface area contributed by atoms with E-state index in [1.807, 2.05) is 5.32 Å². The highest BCUT2D eigenvalue weighted by Crippen LogP contribution is 2.44. The van der Waals surface area contributed by atoms with Gasteiger partial charge in [-0.1, -0.05) is 11.8 Å². The summed E-state index contributed by atoms with van der Waals surface area (Å²) in [6.07, 6.45) is 3.63. The molecule has 5 nitrogen and oxygen atoms in total. The molecule has 96 valence electrons. The molecule has 17 heavy (non-hydrogen) atoms. The van der Waals surface area contributed by atoms with E-state index in [0.29, 0.717) is 19.0 Å². The number of ether oxygens (including phenoxy) is 2. The molecule has 2 saturated heterocycles. The van der Waals surface area contributed by atoms with E-state index in [-0.39, 0.29) is 16.7 Å². The Morgan fingerprint density at radius 1 is 1.24 bits per heavy atom. The van der Waals surface area contributed by atoms with Crippen LogP contribution in [-0.2, 0) is 14.3 Å². The maximum atomic E-state index is 10.9. The number of rotatable bonds is 1. The van der Waals surface area contributed by atoms with Gasteiger partial charge in [-0.2, -0.15) is 0 Å². The minimum Gasteiger partial charge on any atom is -0.544 e. The lowest BCUT2D eigenvalue weighted by Gasteiger charge is -2.39. The smallest absolute Gasteiger partial charge is 0.169 e. The number of aliphatic carboxylic acids is 1. The first-order valence-corrected chi connectivity index (χ1v) is 7.11. The van der Waals surface area contributed by atoms with Gasteiger partial charge in [0, 0.05) is 25.7 Å². The molecule has 0 unspecified atom stereocenters. The van der Waals surface area contributed by atoms with Crippen LogP contribution in [-0.4, -0.2) is 41.6 Å². The Balaban J connectivity index is 1.63. The Bertz CT molecular complexity index is 319. The molecule has 0 bridgehead atoms. The van der Waals surface area contributed by atoms with Gasteiger partial charge in [-0.3, -0.25) is 0 Å². The molecule has 2 heterocycles. The fourth-order valence-corrected chi connectivity index (χ4v) is 4.50. The van der Waals surface area contributed by atoms with Crippen molar-refractivity contribution in [2.75, 3.05) is 19.0 Å². The number of carboxylic acids is 1. The average molecular weight is 259 g/mol. The number of hydrogen-bond donors (Lipinski definition) is 1. The van der Waals surface area contributed by atoms with Crippen LogP contribution in [0.2, 0.25) is 0 Å². The molecule has 1 aliphatic carbocycles. The predicted molar refractivity (Wildman–Crippen MR) is 59.0 cm³/mol. The molecule has 1 atom stereocenters. The largest absolute Gasteiger partial charge is 0.544 e. The summed E-state index contributed by atoms with van der Waals surface area (Å²) in [6, 6.07) is -0.389. The van der Waals surface area contributed by atoms with Gasteiger partial charge in [0.15, 0.2) is 5.79 Å². The maximum Gasteiger partial charge on any atom is 0.169 e. The third kappa shape index (κ3) is 2.07. The highest BCUT2D eigenvalue weighted by Gasteiger charge is 2.52. The molecule has 0 aromatic heterocycles. The van der Waals surface area contributed by atoms with E-state index in [1.165, 1.54) is 0 Å². The fraction of sp³-hybridized carbons (Fsp3) is 0.909. The van der Waals surface area contributed by atoms with Crippen molar-refractivity contribution < 1.29 is 24.7 Å². The highest BCUT2D eigenvalue weighted by atomic mass is 32.2. The molecule has 2 N–H and O–H groups in total. The Hall–Kier alpha value is -0.300. The van der Waals surface area contributed by atoms with Crippen LogP contribution in [0.25, 0.3) is 0 Å². The van der Waals surface area contributed by atoms with Crippen molar-refractivity contribution >= 4 is 17.7 Å². The molecular weight excluding hydrogens is 242 g/mol. The zero-order chi connectivity index (χ0) is 11.9. The van der Waals surface area contributed by atoms with Gasteiger partial charge >= 0.3 is 0 Å². The van der Waals surface area contributed by atoms with Crippen LogP contribution in [0.3, 0.4) is 0 Å². The first kappa shape index (κ1) is 11.8. The number of carboxylic acid groups (broad SMARTS) is 1. The third-order valence-electron chi connectivity index (χ3n) is 4.03. The Morgan fingerprint density at radius 3 is 2.41 bits per heavy atom. The normalized spacial score (nSPS) is 34.5. The molecule has 3 aliphatic rings. The van der Waals surface area contributed by atoms with E-state index in [4.69, 9.17) is 9.47 Å². The van der Waals surface area contributed by atoms with Crippen LogP contribution < -0.4 is 10.4 Å². The molecule has 3 rings (SSSR count). The minimum atomic E-state index is -0.942. The van der Waals surface area contributed by atoms with Crippen LogP contribution in [0.5, 0.6) is 0 Å². The van der Waals surface area contributed by atoms with Crippen molar-refractivity contribution in [1.82, 2.24) is 0 Å². The lowest BCUT2D eigenvalue weighted by atomic mass is 9.89. The van der Waals surface area contributed by atoms with Gasteiger partial charge < -0.3 is 24.7 Å². The summed E-state index contributed by atoms with van der Waals surface area (Å²) >= 11 is 1.76. The van der Waals surface area contributed by atoms with Gasteiger partial charge in [-0.15, -0.1) is 0 Å². The minimum absolute atomic E-state index is 0.0191. The van der Waals surface area contributed by atoms with E-state index < -0.39 is 5.97 Å². The van der Waals surface area contributed by atoms with Crippen molar-refractivity contribution in [3.8, 4) is 0 Å². The lowest BCUT2D eigenvalue weighted by molar-refractivity contribution is -0.720. The van der Waals surface area contributed by atoms with Gasteiger partial charge in [0.05, 0.1) is 19.0 Å². The monoisotopic (exact) mass is 259 g/mol. The number of nitrogens with two attached hydrogens (primary N) is 1. The number of thioether (sulfide) groups is 1. The van der Waals surface area contributed by atoms with Gasteiger partial charge in [-0.25, -0.2) is 0 Å². The Labute approximate surface area is 104 Å². The second-order valence-corrected chi connectivity index (χ2v) is 6.51. The second-order valence-electron chi connectivity index (χ2n) is 5.08. The summed E-state index contributed by atoms with van der Waals surface area (Å²) in [4.78, 5) is 10.9. The average Bonchev–Trinajstić information content (AvgIpc) is 2.91. The molecule has 0 amide bonds. The summed E-state index contributed by atoms with van der Waals surface area (Å²) in [5.41, 5.74) is 0. The zero-order valence-corrected chi connectivity index (χ0v) is 10.5. The van der Waals surface area contributed by atoms with Crippen LogP contribution in [0.15, 0.2) is 0 Å². The summed E-state index contributed by atoms with van der Waals surface area (Å²) in [5.74, 6) is -0.654. The summed E-state index contributed by atoms with van der Waals surface area (Å²) in [7, 11) is 0. The van der Waals surface area contributed by atoms with Crippen LogP contribution in [0.1, 0.15) is 25.7 Å². The molecular formula is C11H17NO4S. The Morgan fingerprint density at radius 2 is 1.88 bits per heavy atom. The van der Waals surface area contributed by atoms with Crippen LogP contribution >= 0.6 is 11.8 Å². The van der Waals surface area contributed by atoms with Gasteiger partial charge in [0.1, 0.15) is 16.9 Å². The topological polar surface area (TPSA) is 75.2 Å². The van der Waals surface area contributed by atoms with Crippen molar-refractivity contribution in [1.29, 1.82) is 0 Å². The molecule has 6 heteroatoms. The van der Waals surface area contributed by atoms with E-state index in [0.717, 1.165) is 25.7 Å². The van der Waals surface area contributed by atoms with E-state index in [2.05, 4.69) is 0 Å². The van der Waals surface area contributed by atoms with Gasteiger partial charge in [-0.05, 0) is 0 Å².